The minimum absolute atomic E-state index is 0.139. The largest absolute Gasteiger partial charge is 0.494 e. The van der Waals surface area contributed by atoms with Crippen molar-refractivity contribution in [1.29, 1.82) is 0 Å². The molecule has 1 heterocycles. The minimum Gasteiger partial charge on any atom is -0.494 e. The van der Waals surface area contributed by atoms with Crippen molar-refractivity contribution in [3.05, 3.63) is 65.9 Å². The molecule has 1 aromatic heterocycles. The van der Waals surface area contributed by atoms with Gasteiger partial charge >= 0.3 is 0 Å². The van der Waals surface area contributed by atoms with Gasteiger partial charge in [-0.1, -0.05) is 22.9 Å². The Morgan fingerprint density at radius 3 is 2.50 bits per heavy atom. The lowest BCUT2D eigenvalue weighted by Gasteiger charge is -2.02. The van der Waals surface area contributed by atoms with Gasteiger partial charge in [0, 0.05) is 16.5 Å². The van der Waals surface area contributed by atoms with E-state index < -0.39 is 0 Å². The molecule has 0 aliphatic heterocycles. The van der Waals surface area contributed by atoms with Crippen LogP contribution < -0.4 is 4.74 Å². The van der Waals surface area contributed by atoms with Crippen molar-refractivity contribution in [2.24, 2.45) is 0 Å². The van der Waals surface area contributed by atoms with Crippen LogP contribution in [-0.2, 0) is 0 Å². The SMILES string of the molecule is CCOc1ccc(-c2cc(C(=O)Sc3ccc(C)cc3)no2)cc1. The molecule has 0 saturated carbocycles. The molecule has 5 heteroatoms. The van der Waals surface area contributed by atoms with Gasteiger partial charge in [0.25, 0.3) is 0 Å². The molecule has 0 N–H and O–H groups in total. The van der Waals surface area contributed by atoms with Crippen molar-refractivity contribution in [2.75, 3.05) is 6.61 Å². The third-order valence-electron chi connectivity index (χ3n) is 3.40. The fraction of sp³-hybridized carbons (Fsp3) is 0.158. The van der Waals surface area contributed by atoms with Gasteiger partial charge in [-0.05, 0) is 62.0 Å². The number of ether oxygens (including phenoxy) is 1. The molecule has 0 spiro atoms. The molecule has 122 valence electrons. The molecule has 2 aromatic carbocycles. The second-order valence-corrected chi connectivity index (χ2v) is 6.28. The van der Waals surface area contributed by atoms with Gasteiger partial charge in [-0.3, -0.25) is 4.79 Å². The number of carbonyl (C=O) groups is 1. The van der Waals surface area contributed by atoms with E-state index in [0.717, 1.165) is 33.5 Å². The normalized spacial score (nSPS) is 10.6. The van der Waals surface area contributed by atoms with Gasteiger partial charge < -0.3 is 9.26 Å². The first kappa shape index (κ1) is 16.3. The minimum atomic E-state index is -0.139. The second kappa shape index (κ2) is 7.36. The third kappa shape index (κ3) is 3.86. The Morgan fingerprint density at radius 2 is 1.83 bits per heavy atom. The lowest BCUT2D eigenvalue weighted by atomic mass is 10.1. The van der Waals surface area contributed by atoms with Crippen molar-refractivity contribution in [3.8, 4) is 17.1 Å². The number of nitrogens with zero attached hydrogens (tertiary/aromatic N) is 1. The Balaban J connectivity index is 1.72. The number of carbonyl (C=O) groups excluding carboxylic acids is 1. The molecule has 3 rings (SSSR count). The summed E-state index contributed by atoms with van der Waals surface area (Å²) < 4.78 is 10.7. The van der Waals surface area contributed by atoms with Crippen LogP contribution in [0.25, 0.3) is 11.3 Å². The highest BCUT2D eigenvalue weighted by Crippen LogP contribution is 2.27. The number of aromatic nitrogens is 1. The van der Waals surface area contributed by atoms with E-state index in [1.807, 2.05) is 62.4 Å². The monoisotopic (exact) mass is 339 g/mol. The highest BCUT2D eigenvalue weighted by atomic mass is 32.2. The summed E-state index contributed by atoms with van der Waals surface area (Å²) in [6.07, 6.45) is 0. The maximum absolute atomic E-state index is 12.3. The van der Waals surface area contributed by atoms with Gasteiger partial charge in [-0.2, -0.15) is 0 Å². The van der Waals surface area contributed by atoms with Gasteiger partial charge in [-0.25, -0.2) is 0 Å². The van der Waals surface area contributed by atoms with Gasteiger partial charge in [-0.15, -0.1) is 0 Å². The molecular formula is C19H17NO3S. The van der Waals surface area contributed by atoms with Crippen LogP contribution in [-0.4, -0.2) is 16.9 Å². The number of hydrogen-bond acceptors (Lipinski definition) is 5. The summed E-state index contributed by atoms with van der Waals surface area (Å²) in [5, 5.41) is 3.75. The maximum Gasteiger partial charge on any atom is 0.246 e. The smallest absolute Gasteiger partial charge is 0.246 e. The average Bonchev–Trinajstić information content (AvgIpc) is 3.08. The van der Waals surface area contributed by atoms with Gasteiger partial charge in [0.05, 0.1) is 6.61 Å². The Morgan fingerprint density at radius 1 is 1.12 bits per heavy atom. The summed E-state index contributed by atoms with van der Waals surface area (Å²) in [5.41, 5.74) is 2.32. The van der Waals surface area contributed by atoms with Crippen LogP contribution in [0.1, 0.15) is 23.0 Å². The molecular weight excluding hydrogens is 322 g/mol. The van der Waals surface area contributed by atoms with E-state index in [2.05, 4.69) is 5.16 Å². The van der Waals surface area contributed by atoms with Crippen molar-refractivity contribution < 1.29 is 14.1 Å². The molecule has 0 bridgehead atoms. The summed E-state index contributed by atoms with van der Waals surface area (Å²) in [4.78, 5) is 13.2. The van der Waals surface area contributed by atoms with Crippen LogP contribution in [0.15, 0.2) is 64.0 Å². The first-order chi connectivity index (χ1) is 11.7. The van der Waals surface area contributed by atoms with Gasteiger partial charge in [0.15, 0.2) is 11.5 Å². The predicted molar refractivity (Wildman–Crippen MR) is 94.5 cm³/mol. The van der Waals surface area contributed by atoms with Crippen LogP contribution in [0.4, 0.5) is 0 Å². The zero-order chi connectivity index (χ0) is 16.9. The van der Waals surface area contributed by atoms with E-state index in [1.165, 1.54) is 0 Å². The van der Waals surface area contributed by atoms with Crippen LogP contribution >= 0.6 is 11.8 Å². The number of thioether (sulfide) groups is 1. The molecule has 0 unspecified atom stereocenters. The van der Waals surface area contributed by atoms with E-state index in [4.69, 9.17) is 9.26 Å². The lowest BCUT2D eigenvalue weighted by molar-refractivity contribution is 0.108. The van der Waals surface area contributed by atoms with E-state index in [9.17, 15) is 4.79 Å². The Hall–Kier alpha value is -2.53. The molecule has 0 radical (unpaired) electrons. The quantitative estimate of drug-likeness (QED) is 0.614. The van der Waals surface area contributed by atoms with E-state index in [-0.39, 0.29) is 5.12 Å². The lowest BCUT2D eigenvalue weighted by Crippen LogP contribution is -1.92. The van der Waals surface area contributed by atoms with E-state index >= 15 is 0 Å². The van der Waals surface area contributed by atoms with Crippen molar-refractivity contribution >= 4 is 16.9 Å². The third-order valence-corrected chi connectivity index (χ3v) is 4.30. The maximum atomic E-state index is 12.3. The Bertz CT molecular complexity index is 823. The summed E-state index contributed by atoms with van der Waals surface area (Å²) in [7, 11) is 0. The zero-order valence-corrected chi connectivity index (χ0v) is 14.3. The van der Waals surface area contributed by atoms with Crippen LogP contribution in [0.2, 0.25) is 0 Å². The zero-order valence-electron chi connectivity index (χ0n) is 13.5. The Labute approximate surface area is 144 Å². The molecule has 0 aliphatic rings. The molecule has 0 fully saturated rings. The predicted octanol–water partition coefficient (Wildman–Crippen LogP) is 4.98. The highest BCUT2D eigenvalue weighted by Gasteiger charge is 2.15. The average molecular weight is 339 g/mol. The highest BCUT2D eigenvalue weighted by molar-refractivity contribution is 8.14. The first-order valence-electron chi connectivity index (χ1n) is 7.64. The molecule has 24 heavy (non-hydrogen) atoms. The first-order valence-corrected chi connectivity index (χ1v) is 8.46. The van der Waals surface area contributed by atoms with Crippen LogP contribution in [0.3, 0.4) is 0 Å². The van der Waals surface area contributed by atoms with Crippen LogP contribution in [0, 0.1) is 6.92 Å². The molecule has 0 aliphatic carbocycles. The topological polar surface area (TPSA) is 52.3 Å². The van der Waals surface area contributed by atoms with E-state index in [0.29, 0.717) is 18.1 Å². The molecule has 0 amide bonds. The molecule has 4 nitrogen and oxygen atoms in total. The van der Waals surface area contributed by atoms with Gasteiger partial charge in [0.2, 0.25) is 5.12 Å². The number of aryl methyl sites for hydroxylation is 1. The van der Waals surface area contributed by atoms with Gasteiger partial charge in [0.1, 0.15) is 5.75 Å². The second-order valence-electron chi connectivity index (χ2n) is 5.24. The van der Waals surface area contributed by atoms with E-state index in [1.54, 1.807) is 6.07 Å². The molecule has 0 saturated heterocycles. The number of hydrogen-bond donors (Lipinski definition) is 0. The summed E-state index contributed by atoms with van der Waals surface area (Å²) in [6.45, 7) is 4.57. The number of benzene rings is 2. The van der Waals surface area contributed by atoms with Crippen molar-refractivity contribution in [1.82, 2.24) is 5.16 Å². The fourth-order valence-electron chi connectivity index (χ4n) is 2.16. The molecule has 0 atom stereocenters. The Kier molecular flexibility index (Phi) is 5.01. The fourth-order valence-corrected chi connectivity index (χ4v) is 2.84. The summed E-state index contributed by atoms with van der Waals surface area (Å²) in [6, 6.07) is 17.0. The standard InChI is InChI=1S/C19H17NO3S/c1-3-22-15-8-6-14(7-9-15)18-12-17(20-23-18)19(21)24-16-10-4-13(2)5-11-16/h4-12H,3H2,1-2H3. The summed E-state index contributed by atoms with van der Waals surface area (Å²) in [5.74, 6) is 1.36. The van der Waals surface area contributed by atoms with Crippen molar-refractivity contribution in [3.63, 3.8) is 0 Å². The molecule has 3 aromatic rings. The van der Waals surface area contributed by atoms with Crippen LogP contribution in [0.5, 0.6) is 5.75 Å². The number of rotatable bonds is 5. The van der Waals surface area contributed by atoms with Crippen molar-refractivity contribution in [2.45, 2.75) is 18.7 Å². The summed E-state index contributed by atoms with van der Waals surface area (Å²) >= 11 is 1.14.